The smallest absolute Gasteiger partial charge is 0.246 e. The fourth-order valence-electron chi connectivity index (χ4n) is 1.74. The molecule has 1 aromatic carbocycles. The van der Waals surface area contributed by atoms with Crippen LogP contribution in [0.3, 0.4) is 0 Å². The highest BCUT2D eigenvalue weighted by Gasteiger charge is 2.05. The Morgan fingerprint density at radius 1 is 1.33 bits per heavy atom. The highest BCUT2D eigenvalue weighted by Crippen LogP contribution is 2.09. The van der Waals surface area contributed by atoms with Gasteiger partial charge < -0.3 is 10.1 Å². The van der Waals surface area contributed by atoms with Crippen molar-refractivity contribution in [1.29, 1.82) is 0 Å². The molecule has 18 heavy (non-hydrogen) atoms. The molecule has 0 saturated carbocycles. The van der Waals surface area contributed by atoms with Gasteiger partial charge in [0.25, 0.3) is 0 Å². The Balaban J connectivity index is 2.63. The van der Waals surface area contributed by atoms with Gasteiger partial charge in [-0.25, -0.2) is 0 Å². The fraction of sp³-hybridized carbons (Fsp3) is 0.400. The summed E-state index contributed by atoms with van der Waals surface area (Å²) in [5, 5.41) is 2.92. The van der Waals surface area contributed by atoms with Gasteiger partial charge in [-0.1, -0.05) is 37.3 Å². The maximum atomic E-state index is 11.8. The number of nitrogens with one attached hydrogen (secondary N) is 1. The first-order valence-corrected chi connectivity index (χ1v) is 6.19. The van der Waals surface area contributed by atoms with Crippen LogP contribution in [0.25, 0.3) is 0 Å². The van der Waals surface area contributed by atoms with Crippen molar-refractivity contribution < 1.29 is 9.53 Å². The van der Waals surface area contributed by atoms with Crippen LogP contribution in [-0.2, 0) is 22.7 Å². The summed E-state index contributed by atoms with van der Waals surface area (Å²) in [6.45, 7) is 4.95. The van der Waals surface area contributed by atoms with Gasteiger partial charge in [-0.2, -0.15) is 0 Å². The van der Waals surface area contributed by atoms with Gasteiger partial charge in [0, 0.05) is 19.2 Å². The average molecular weight is 247 g/mol. The first-order valence-electron chi connectivity index (χ1n) is 6.19. The molecule has 0 aromatic heterocycles. The van der Waals surface area contributed by atoms with Crippen LogP contribution >= 0.6 is 0 Å². The van der Waals surface area contributed by atoms with Gasteiger partial charge in [0.05, 0.1) is 6.61 Å². The van der Waals surface area contributed by atoms with E-state index in [1.54, 1.807) is 7.11 Å². The zero-order chi connectivity index (χ0) is 13.4. The lowest BCUT2D eigenvalue weighted by Gasteiger charge is -2.10. The van der Waals surface area contributed by atoms with E-state index in [1.165, 1.54) is 0 Å². The van der Waals surface area contributed by atoms with Crippen molar-refractivity contribution in [3.05, 3.63) is 47.0 Å². The molecule has 0 aliphatic carbocycles. The van der Waals surface area contributed by atoms with E-state index in [-0.39, 0.29) is 5.91 Å². The highest BCUT2D eigenvalue weighted by molar-refractivity contribution is 5.92. The molecule has 0 saturated heterocycles. The third kappa shape index (κ3) is 4.34. The van der Waals surface area contributed by atoms with Gasteiger partial charge in [-0.05, 0) is 24.5 Å². The van der Waals surface area contributed by atoms with Crippen molar-refractivity contribution in [2.24, 2.45) is 0 Å². The minimum Gasteiger partial charge on any atom is -0.380 e. The number of hydrogen-bond acceptors (Lipinski definition) is 2. The predicted octanol–water partition coefficient (Wildman–Crippen LogP) is 2.81. The van der Waals surface area contributed by atoms with Crippen LogP contribution in [0, 0.1) is 0 Å². The first kappa shape index (κ1) is 14.5. The van der Waals surface area contributed by atoms with E-state index < -0.39 is 0 Å². The van der Waals surface area contributed by atoms with E-state index in [0.29, 0.717) is 13.2 Å². The Morgan fingerprint density at radius 2 is 2.00 bits per heavy atom. The van der Waals surface area contributed by atoms with Crippen LogP contribution in [-0.4, -0.2) is 13.0 Å². The molecule has 0 aliphatic heterocycles. The number of amides is 1. The van der Waals surface area contributed by atoms with E-state index in [9.17, 15) is 4.79 Å². The average Bonchev–Trinajstić information content (AvgIpc) is 2.38. The molecule has 0 fully saturated rings. The molecular formula is C15H21NO2. The van der Waals surface area contributed by atoms with Crippen molar-refractivity contribution in [3.63, 3.8) is 0 Å². The summed E-state index contributed by atoms with van der Waals surface area (Å²) < 4.78 is 5.14. The van der Waals surface area contributed by atoms with E-state index in [1.807, 2.05) is 44.2 Å². The first-order chi connectivity index (χ1) is 8.69. The quantitative estimate of drug-likeness (QED) is 0.785. The van der Waals surface area contributed by atoms with Gasteiger partial charge in [0.2, 0.25) is 5.91 Å². The van der Waals surface area contributed by atoms with Crippen LogP contribution < -0.4 is 5.32 Å². The van der Waals surface area contributed by atoms with Crippen molar-refractivity contribution in [1.82, 2.24) is 5.32 Å². The minimum atomic E-state index is -0.0101. The third-order valence-electron chi connectivity index (χ3n) is 2.73. The van der Waals surface area contributed by atoms with E-state index in [0.717, 1.165) is 23.1 Å². The Hall–Kier alpha value is -1.61. The molecule has 1 rings (SSSR count). The Kier molecular flexibility index (Phi) is 6.15. The molecule has 3 nitrogen and oxygen atoms in total. The summed E-state index contributed by atoms with van der Waals surface area (Å²) in [5.41, 5.74) is 2.97. The Labute approximate surface area is 109 Å². The molecule has 0 radical (unpaired) electrons. The summed E-state index contributed by atoms with van der Waals surface area (Å²) in [7, 11) is 1.67. The number of methoxy groups -OCH3 is 1. The van der Waals surface area contributed by atoms with Gasteiger partial charge in [-0.15, -0.1) is 0 Å². The number of carbonyl (C=O) groups excluding carboxylic acids is 1. The molecule has 0 unspecified atom stereocenters. The summed E-state index contributed by atoms with van der Waals surface area (Å²) >= 11 is 0. The summed E-state index contributed by atoms with van der Waals surface area (Å²) in [5.74, 6) is -0.0101. The molecule has 1 amide bonds. The van der Waals surface area contributed by atoms with Crippen LogP contribution in [0.15, 0.2) is 35.9 Å². The standard InChI is InChI=1S/C15H21NO2/c1-4-7-12(2)15(17)16-10-13-8-5-6-9-14(13)11-18-3/h5-9H,4,10-11H2,1-3H3,(H,16,17)/b12-7+. The van der Waals surface area contributed by atoms with Crippen molar-refractivity contribution >= 4 is 5.91 Å². The topological polar surface area (TPSA) is 38.3 Å². The Bertz CT molecular complexity index is 424. The maximum Gasteiger partial charge on any atom is 0.246 e. The number of ether oxygens (including phenoxy) is 1. The molecular weight excluding hydrogens is 226 g/mol. The van der Waals surface area contributed by atoms with E-state index in [2.05, 4.69) is 5.32 Å². The molecule has 0 heterocycles. The van der Waals surface area contributed by atoms with Gasteiger partial charge in [-0.3, -0.25) is 4.79 Å². The minimum absolute atomic E-state index is 0.0101. The fourth-order valence-corrected chi connectivity index (χ4v) is 1.74. The lowest BCUT2D eigenvalue weighted by Crippen LogP contribution is -2.24. The molecule has 98 valence electrons. The summed E-state index contributed by atoms with van der Waals surface area (Å²) in [6, 6.07) is 7.96. The Morgan fingerprint density at radius 3 is 2.61 bits per heavy atom. The van der Waals surface area contributed by atoms with E-state index in [4.69, 9.17) is 4.74 Å². The van der Waals surface area contributed by atoms with E-state index >= 15 is 0 Å². The second-order valence-electron chi connectivity index (χ2n) is 4.18. The lowest BCUT2D eigenvalue weighted by molar-refractivity contribution is -0.117. The predicted molar refractivity (Wildman–Crippen MR) is 73.0 cm³/mol. The molecule has 3 heteroatoms. The summed E-state index contributed by atoms with van der Waals surface area (Å²) in [6.07, 6.45) is 2.80. The second-order valence-corrected chi connectivity index (χ2v) is 4.18. The molecule has 0 atom stereocenters. The van der Waals surface area contributed by atoms with Gasteiger partial charge in [0.15, 0.2) is 0 Å². The number of hydrogen-bond donors (Lipinski definition) is 1. The normalized spacial score (nSPS) is 11.4. The van der Waals surface area contributed by atoms with Crippen LogP contribution in [0.4, 0.5) is 0 Å². The van der Waals surface area contributed by atoms with Crippen molar-refractivity contribution in [3.8, 4) is 0 Å². The summed E-state index contributed by atoms with van der Waals surface area (Å²) in [4.78, 5) is 11.8. The molecule has 1 aromatic rings. The SMILES string of the molecule is CC/C=C(\C)C(=O)NCc1ccccc1COC. The number of benzene rings is 1. The molecule has 1 N–H and O–H groups in total. The highest BCUT2D eigenvalue weighted by atomic mass is 16.5. The van der Waals surface area contributed by atoms with Crippen LogP contribution in [0.5, 0.6) is 0 Å². The third-order valence-corrected chi connectivity index (χ3v) is 2.73. The van der Waals surface area contributed by atoms with Gasteiger partial charge >= 0.3 is 0 Å². The molecule has 0 bridgehead atoms. The van der Waals surface area contributed by atoms with Crippen LogP contribution in [0.2, 0.25) is 0 Å². The largest absolute Gasteiger partial charge is 0.380 e. The van der Waals surface area contributed by atoms with Crippen molar-refractivity contribution in [2.75, 3.05) is 7.11 Å². The van der Waals surface area contributed by atoms with Crippen LogP contribution in [0.1, 0.15) is 31.4 Å². The number of carbonyl (C=O) groups is 1. The lowest BCUT2D eigenvalue weighted by atomic mass is 10.1. The van der Waals surface area contributed by atoms with Gasteiger partial charge in [0.1, 0.15) is 0 Å². The maximum absolute atomic E-state index is 11.8. The molecule has 0 aliphatic rings. The zero-order valence-electron chi connectivity index (χ0n) is 11.3. The molecule has 0 spiro atoms. The second kappa shape index (κ2) is 7.67. The number of rotatable bonds is 6. The monoisotopic (exact) mass is 247 g/mol. The van der Waals surface area contributed by atoms with Crippen molar-refractivity contribution in [2.45, 2.75) is 33.4 Å². The zero-order valence-corrected chi connectivity index (χ0v) is 11.3. The number of allylic oxidation sites excluding steroid dienone is 1.